The summed E-state index contributed by atoms with van der Waals surface area (Å²) in [5, 5.41) is 25.7. The Balaban J connectivity index is -0.000000449. The monoisotopic (exact) mass is 1180 g/mol. The van der Waals surface area contributed by atoms with E-state index in [1.165, 1.54) is 180 Å². The fourth-order valence-corrected chi connectivity index (χ4v) is 9.57. The number of rotatable bonds is 41. The summed E-state index contributed by atoms with van der Waals surface area (Å²) in [4.78, 5) is 11.9. The first-order valence-electron chi connectivity index (χ1n) is 29.6. The van der Waals surface area contributed by atoms with Crippen LogP contribution >= 0.6 is 61.3 Å². The average Bonchev–Trinajstić information content (AvgIpc) is 4.30. The van der Waals surface area contributed by atoms with Crippen LogP contribution in [0.2, 0.25) is 0 Å². The van der Waals surface area contributed by atoms with E-state index < -0.39 is 5.97 Å². The minimum absolute atomic E-state index is 0. The van der Waals surface area contributed by atoms with Crippen LogP contribution < -0.4 is 37.7 Å². The minimum Gasteiger partial charge on any atom is -0.481 e. The molecule has 0 saturated carbocycles. The van der Waals surface area contributed by atoms with E-state index in [-0.39, 0.29) is 37.7 Å². The van der Waals surface area contributed by atoms with Gasteiger partial charge in [-0.05, 0) is 144 Å². The standard InChI is InChI=1S/C21H34S.C18H32O2.C17H31Br.C4H4S.2C4H3S.2Li/c1-2-3-4-5-6-7-8-9-10-11-12-13-14-15-16-18-21-19-17-20-22-21;1-2-3-4-5-6-7-8-9-10-11-12-13-14-15-16-17-18(19)20;1-2-3-4-5-6-7-8-9-10-11-12-13-14-15-16-17-18;3*1-2-4-5-3-1;;/h6-7,9-10,17,19-20H,2-5,8,11-16,18H2,1H3;6-7,9-10H,2-5,8,11-17H2,1H3,(H,19,20);6-7,9-10H,2-5,8,11-17H2,1H3;1-4H;2*1-3H;;/q;;;;2*-1;2*+1/b3*7-6-,10-9-;;;;;. The summed E-state index contributed by atoms with van der Waals surface area (Å²) in [5.74, 6) is -0.671. The Bertz CT molecular complexity index is 1600. The number of aryl methyl sites for hydroxylation is 1. The summed E-state index contributed by atoms with van der Waals surface area (Å²) in [5.41, 5.74) is 0. The summed E-state index contributed by atoms with van der Waals surface area (Å²) in [6.07, 6.45) is 71.3. The molecule has 0 amide bonds. The van der Waals surface area contributed by atoms with Crippen molar-refractivity contribution in [1.82, 2.24) is 0 Å². The van der Waals surface area contributed by atoms with Crippen molar-refractivity contribution in [3.05, 3.63) is 164 Å². The molecule has 2 nitrogen and oxygen atoms in total. The second-order valence-corrected chi connectivity index (χ2v) is 22.7. The number of thiophene rings is 4. The Morgan fingerprint density at radius 1 is 0.442 bits per heavy atom. The number of alkyl halides is 1. The second-order valence-electron chi connectivity index (χ2n) is 18.6. The van der Waals surface area contributed by atoms with Crippen molar-refractivity contribution >= 4 is 67.2 Å². The first kappa shape index (κ1) is 81.9. The van der Waals surface area contributed by atoms with E-state index in [1.54, 1.807) is 38.9 Å². The molecule has 0 fully saturated rings. The van der Waals surface area contributed by atoms with Gasteiger partial charge in [-0.15, -0.1) is 22.1 Å². The van der Waals surface area contributed by atoms with Crippen LogP contribution in [0.1, 0.15) is 244 Å². The van der Waals surface area contributed by atoms with Gasteiger partial charge < -0.3 is 27.8 Å². The third kappa shape index (κ3) is 81.0. The van der Waals surface area contributed by atoms with Gasteiger partial charge >= 0.3 is 43.7 Å². The van der Waals surface area contributed by atoms with Gasteiger partial charge in [0.25, 0.3) is 0 Å². The van der Waals surface area contributed by atoms with Crippen molar-refractivity contribution in [3.8, 4) is 0 Å². The number of carbonyl (C=O) groups is 1. The fourth-order valence-electron chi connectivity index (χ4n) is 7.18. The summed E-state index contributed by atoms with van der Waals surface area (Å²) in [6, 6.07) is 16.2. The first-order chi connectivity index (χ1) is 37.1. The molecule has 0 aliphatic carbocycles. The largest absolute Gasteiger partial charge is 1.00 e. The molecule has 0 radical (unpaired) electrons. The van der Waals surface area contributed by atoms with Crippen LogP contribution in [0.3, 0.4) is 0 Å². The van der Waals surface area contributed by atoms with Gasteiger partial charge in [0.2, 0.25) is 0 Å². The predicted molar refractivity (Wildman–Crippen MR) is 349 cm³/mol. The molecule has 0 aromatic carbocycles. The van der Waals surface area contributed by atoms with E-state index in [4.69, 9.17) is 5.11 Å². The molecule has 4 rings (SSSR count). The van der Waals surface area contributed by atoms with Gasteiger partial charge in [-0.1, -0.05) is 224 Å². The van der Waals surface area contributed by atoms with Crippen molar-refractivity contribution in [2.24, 2.45) is 0 Å². The Morgan fingerprint density at radius 3 is 1.09 bits per heavy atom. The van der Waals surface area contributed by atoms with Crippen LogP contribution in [-0.2, 0) is 11.2 Å². The van der Waals surface area contributed by atoms with Gasteiger partial charge in [-0.2, -0.15) is 34.2 Å². The van der Waals surface area contributed by atoms with E-state index in [0.717, 1.165) is 43.9 Å². The Hall–Kier alpha value is -1.62. The number of carboxylic acids is 1. The molecule has 0 aliphatic rings. The molecule has 1 N–H and O–H groups in total. The van der Waals surface area contributed by atoms with Crippen LogP contribution in [0.5, 0.6) is 0 Å². The zero-order valence-electron chi connectivity index (χ0n) is 49.8. The third-order valence-corrected chi connectivity index (χ3v) is 14.8. The summed E-state index contributed by atoms with van der Waals surface area (Å²) >= 11 is 10.3. The second kappa shape index (κ2) is 78.6. The zero-order chi connectivity index (χ0) is 54.5. The molecule has 0 spiro atoms. The molecule has 0 unspecified atom stereocenters. The smallest absolute Gasteiger partial charge is 0.481 e. The van der Waals surface area contributed by atoms with Gasteiger partial charge in [0.05, 0.1) is 0 Å². The zero-order valence-corrected chi connectivity index (χ0v) is 54.6. The topological polar surface area (TPSA) is 37.3 Å². The van der Waals surface area contributed by atoms with Gasteiger partial charge in [-0.25, -0.2) is 12.1 Å². The van der Waals surface area contributed by atoms with Crippen molar-refractivity contribution in [1.29, 1.82) is 0 Å². The molecule has 4 aromatic rings. The average molecular weight is 1180 g/mol. The van der Waals surface area contributed by atoms with E-state index in [2.05, 4.69) is 138 Å². The number of carboxylic acid groups (broad SMARTS) is 1. The quantitative estimate of drug-likeness (QED) is 0.0158. The predicted octanol–water partition coefficient (Wildman–Crippen LogP) is 19.3. The van der Waals surface area contributed by atoms with Crippen molar-refractivity contribution < 1.29 is 47.6 Å². The summed E-state index contributed by atoms with van der Waals surface area (Å²) in [7, 11) is 0. The molecule has 4 aromatic heterocycles. The van der Waals surface area contributed by atoms with Crippen LogP contribution in [-0.4, -0.2) is 16.4 Å². The molecule has 0 saturated heterocycles. The first-order valence-corrected chi connectivity index (χ1v) is 34.3. The van der Waals surface area contributed by atoms with Crippen molar-refractivity contribution in [3.63, 3.8) is 0 Å². The molecular weight excluding hydrogens is 1070 g/mol. The van der Waals surface area contributed by atoms with Gasteiger partial charge in [-0.3, -0.25) is 4.79 Å². The number of unbranched alkanes of at least 4 members (excludes halogenated alkanes) is 24. The maximum atomic E-state index is 10.3. The molecule has 0 atom stereocenters. The van der Waals surface area contributed by atoms with Gasteiger partial charge in [0, 0.05) is 16.6 Å². The van der Waals surface area contributed by atoms with Crippen LogP contribution in [0.15, 0.2) is 148 Å². The minimum atomic E-state index is -0.671. The molecule has 4 heterocycles. The molecular formula is C68H107BrLi2O2S4. The molecule has 9 heteroatoms. The Morgan fingerprint density at radius 2 is 0.805 bits per heavy atom. The molecule has 424 valence electrons. The molecule has 77 heavy (non-hydrogen) atoms. The van der Waals surface area contributed by atoms with E-state index in [9.17, 15) is 4.79 Å². The SMILES string of the molecule is CCCCC/C=C\C/C=C\CCCCCCCBr.CCCCC/C=C\C/C=C\CCCCCCCC(=O)O.CCCCC/C=C\C/C=C\CCCCCCCc1cccs1.[Li+].[Li+].[c-]1cccs1.[c-]1cccs1.c1ccsc1. The van der Waals surface area contributed by atoms with Crippen LogP contribution in [0, 0.1) is 10.8 Å². The number of aliphatic carboxylic acids is 1. The van der Waals surface area contributed by atoms with E-state index in [0.29, 0.717) is 6.42 Å². The van der Waals surface area contributed by atoms with E-state index in [1.807, 2.05) is 69.3 Å². The Labute approximate surface area is 524 Å². The molecule has 0 bridgehead atoms. The van der Waals surface area contributed by atoms with Crippen molar-refractivity contribution in [2.45, 2.75) is 245 Å². The maximum Gasteiger partial charge on any atom is 1.00 e. The van der Waals surface area contributed by atoms with Gasteiger partial charge in [0.15, 0.2) is 0 Å². The number of hydrogen-bond acceptors (Lipinski definition) is 5. The molecule has 0 aliphatic heterocycles. The van der Waals surface area contributed by atoms with Gasteiger partial charge in [0.1, 0.15) is 0 Å². The number of allylic oxidation sites excluding steroid dienone is 12. The Kier molecular flexibility index (Phi) is 83.6. The normalized spacial score (nSPS) is 10.8. The number of halogens is 1. The maximum absolute atomic E-state index is 10.3. The number of hydrogen-bond donors (Lipinski definition) is 1. The fraction of sp³-hybridized carbons (Fsp3) is 0.574. The van der Waals surface area contributed by atoms with Crippen molar-refractivity contribution in [2.75, 3.05) is 5.33 Å². The van der Waals surface area contributed by atoms with Crippen LogP contribution in [0.25, 0.3) is 0 Å². The van der Waals surface area contributed by atoms with E-state index >= 15 is 0 Å². The summed E-state index contributed by atoms with van der Waals surface area (Å²) in [6.45, 7) is 6.75. The third-order valence-electron chi connectivity index (χ3n) is 11.6. The van der Waals surface area contributed by atoms with Crippen LogP contribution in [0.4, 0.5) is 0 Å². The summed E-state index contributed by atoms with van der Waals surface area (Å²) < 4.78 is 0.